The van der Waals surface area contributed by atoms with Crippen molar-refractivity contribution in [3.8, 4) is 0 Å². The van der Waals surface area contributed by atoms with Gasteiger partial charge >= 0.3 is 0 Å². The summed E-state index contributed by atoms with van der Waals surface area (Å²) < 4.78 is 27.3. The monoisotopic (exact) mass is 567 g/mol. The summed E-state index contributed by atoms with van der Waals surface area (Å²) in [5, 5.41) is 2.87. The van der Waals surface area contributed by atoms with Gasteiger partial charge in [-0.3, -0.25) is 19.3 Å². The van der Waals surface area contributed by atoms with Crippen LogP contribution in [0.25, 0.3) is 0 Å². The van der Waals surface area contributed by atoms with Gasteiger partial charge in [0.15, 0.2) is 0 Å². The predicted molar refractivity (Wildman–Crippen MR) is 156 cm³/mol. The maximum absolute atomic E-state index is 12.9. The third-order valence-corrected chi connectivity index (χ3v) is 9.85. The Balaban J connectivity index is 1.04. The molecule has 2 heterocycles. The molecule has 2 aromatic carbocycles. The zero-order chi connectivity index (χ0) is 28.5. The number of nitrogens with zero attached hydrogens (tertiary/aromatic N) is 2. The van der Waals surface area contributed by atoms with Crippen molar-refractivity contribution in [2.75, 3.05) is 25.0 Å². The molecule has 2 aliphatic heterocycles. The molecule has 0 unspecified atom stereocenters. The van der Waals surface area contributed by atoms with Crippen LogP contribution in [0.3, 0.4) is 0 Å². The van der Waals surface area contributed by atoms with Crippen molar-refractivity contribution in [2.45, 2.75) is 82.4 Å². The van der Waals surface area contributed by atoms with E-state index in [9.17, 15) is 22.8 Å². The quantitative estimate of drug-likeness (QED) is 0.228. The van der Waals surface area contributed by atoms with E-state index in [1.54, 1.807) is 52.8 Å². The third kappa shape index (κ3) is 7.57. The van der Waals surface area contributed by atoms with Crippen molar-refractivity contribution in [3.05, 3.63) is 59.7 Å². The normalized spacial score (nSPS) is 16.4. The van der Waals surface area contributed by atoms with E-state index >= 15 is 0 Å². The molecule has 0 atom stereocenters. The second kappa shape index (κ2) is 14.0. The van der Waals surface area contributed by atoms with Gasteiger partial charge in [0.2, 0.25) is 15.9 Å². The fourth-order valence-electron chi connectivity index (χ4n) is 5.37. The molecule has 0 saturated carbocycles. The van der Waals surface area contributed by atoms with Crippen LogP contribution in [-0.2, 0) is 14.8 Å². The van der Waals surface area contributed by atoms with Gasteiger partial charge in [-0.25, -0.2) is 8.42 Å². The number of anilines is 1. The molecular formula is C31H41N3O5S. The van der Waals surface area contributed by atoms with E-state index in [4.69, 9.17) is 0 Å². The topological polar surface area (TPSA) is 104 Å². The summed E-state index contributed by atoms with van der Waals surface area (Å²) in [5.74, 6) is 0.129. The van der Waals surface area contributed by atoms with Crippen molar-refractivity contribution in [3.63, 3.8) is 0 Å². The van der Waals surface area contributed by atoms with Gasteiger partial charge in [0.1, 0.15) is 0 Å². The number of carbonyl (C=O) groups is 3. The van der Waals surface area contributed by atoms with E-state index in [0.717, 1.165) is 64.2 Å². The lowest BCUT2D eigenvalue weighted by atomic mass is 10.0. The molecule has 0 aromatic heterocycles. The molecule has 40 heavy (non-hydrogen) atoms. The Labute approximate surface area is 238 Å². The van der Waals surface area contributed by atoms with E-state index in [1.165, 1.54) is 4.90 Å². The molecule has 0 radical (unpaired) electrons. The number of amides is 3. The van der Waals surface area contributed by atoms with Gasteiger partial charge in [0, 0.05) is 31.7 Å². The number of hydrogen-bond donors (Lipinski definition) is 1. The van der Waals surface area contributed by atoms with Crippen molar-refractivity contribution in [1.29, 1.82) is 0 Å². The number of piperidine rings is 1. The number of carbonyl (C=O) groups excluding carboxylic acids is 3. The Hall–Kier alpha value is -3.04. The highest BCUT2D eigenvalue weighted by Gasteiger charge is 2.34. The Morgan fingerprint density at radius 2 is 1.32 bits per heavy atom. The van der Waals surface area contributed by atoms with Gasteiger partial charge in [-0.2, -0.15) is 4.31 Å². The summed E-state index contributed by atoms with van der Waals surface area (Å²) in [6, 6.07) is 13.4. The molecule has 4 rings (SSSR count). The van der Waals surface area contributed by atoms with Crippen LogP contribution in [-0.4, -0.2) is 55.0 Å². The number of nitrogens with one attached hydrogen (secondary N) is 1. The van der Waals surface area contributed by atoms with Crippen LogP contribution < -0.4 is 5.32 Å². The summed E-state index contributed by atoms with van der Waals surface area (Å²) >= 11 is 0. The number of benzene rings is 2. The Morgan fingerprint density at radius 1 is 0.800 bits per heavy atom. The van der Waals surface area contributed by atoms with Gasteiger partial charge in [-0.05, 0) is 68.0 Å². The largest absolute Gasteiger partial charge is 0.326 e. The molecule has 216 valence electrons. The number of sulfonamides is 1. The van der Waals surface area contributed by atoms with Crippen molar-refractivity contribution in [1.82, 2.24) is 9.21 Å². The Bertz CT molecular complexity index is 1250. The smallest absolute Gasteiger partial charge is 0.261 e. The molecule has 0 bridgehead atoms. The lowest BCUT2D eigenvalue weighted by molar-refractivity contribution is -0.116. The molecule has 1 N–H and O–H groups in total. The first-order valence-electron chi connectivity index (χ1n) is 14.6. The van der Waals surface area contributed by atoms with Crippen LogP contribution in [0.15, 0.2) is 53.4 Å². The highest BCUT2D eigenvalue weighted by atomic mass is 32.2. The van der Waals surface area contributed by atoms with Crippen molar-refractivity contribution >= 4 is 33.4 Å². The van der Waals surface area contributed by atoms with Gasteiger partial charge in [-0.15, -0.1) is 0 Å². The standard InChI is InChI=1S/C31H41N3O5S/c1-24-19-22-33(23-20-24)40(38,39)26-17-15-25(16-18-26)32-29(35)14-8-6-4-2-3-5-7-11-21-34-30(36)27-12-9-10-13-28(27)31(34)37/h9-10,12-13,15-18,24H,2-8,11,14,19-23H2,1H3,(H,32,35). The highest BCUT2D eigenvalue weighted by molar-refractivity contribution is 7.89. The van der Waals surface area contributed by atoms with E-state index in [2.05, 4.69) is 12.2 Å². The van der Waals surface area contributed by atoms with Gasteiger partial charge in [0.05, 0.1) is 16.0 Å². The minimum atomic E-state index is -3.49. The van der Waals surface area contributed by atoms with E-state index < -0.39 is 10.0 Å². The van der Waals surface area contributed by atoms with E-state index in [0.29, 0.717) is 48.8 Å². The molecule has 0 spiro atoms. The first-order chi connectivity index (χ1) is 19.3. The highest BCUT2D eigenvalue weighted by Crippen LogP contribution is 2.25. The molecule has 1 saturated heterocycles. The first-order valence-corrected chi connectivity index (χ1v) is 16.1. The fraction of sp³-hybridized carbons (Fsp3) is 0.516. The minimum Gasteiger partial charge on any atom is -0.326 e. The summed E-state index contributed by atoms with van der Waals surface area (Å²) in [4.78, 5) is 38.7. The number of rotatable bonds is 14. The van der Waals surface area contributed by atoms with Crippen molar-refractivity contribution in [2.24, 2.45) is 5.92 Å². The average Bonchev–Trinajstić information content (AvgIpc) is 3.19. The summed E-state index contributed by atoms with van der Waals surface area (Å²) in [5.41, 5.74) is 1.62. The summed E-state index contributed by atoms with van der Waals surface area (Å²) in [7, 11) is -3.49. The SMILES string of the molecule is CC1CCN(S(=O)(=O)c2ccc(NC(=O)CCCCCCCCCCN3C(=O)c4ccccc4C3=O)cc2)CC1. The molecule has 0 aliphatic carbocycles. The van der Waals surface area contributed by atoms with Crippen LogP contribution in [0, 0.1) is 5.92 Å². The average molecular weight is 568 g/mol. The third-order valence-electron chi connectivity index (χ3n) is 7.93. The maximum atomic E-state index is 12.9. The van der Waals surface area contributed by atoms with Gasteiger partial charge in [0.25, 0.3) is 11.8 Å². The van der Waals surface area contributed by atoms with Crippen LogP contribution in [0.5, 0.6) is 0 Å². The summed E-state index contributed by atoms with van der Waals surface area (Å²) in [6.45, 7) is 3.73. The number of hydrogen-bond acceptors (Lipinski definition) is 5. The zero-order valence-corrected chi connectivity index (χ0v) is 24.3. The predicted octanol–water partition coefficient (Wildman–Crippen LogP) is 5.85. The lowest BCUT2D eigenvalue weighted by Crippen LogP contribution is -2.37. The molecule has 8 nitrogen and oxygen atoms in total. The molecule has 1 fully saturated rings. The van der Waals surface area contributed by atoms with Crippen LogP contribution in [0.1, 0.15) is 98.3 Å². The molecule has 2 aromatic rings. The molecule has 9 heteroatoms. The molecular weight excluding hydrogens is 526 g/mol. The zero-order valence-electron chi connectivity index (χ0n) is 23.4. The Kier molecular flexibility index (Phi) is 10.5. The summed E-state index contributed by atoms with van der Waals surface area (Å²) in [6.07, 6.45) is 10.1. The lowest BCUT2D eigenvalue weighted by Gasteiger charge is -2.29. The van der Waals surface area contributed by atoms with Gasteiger partial charge < -0.3 is 5.32 Å². The first kappa shape index (κ1) is 29.9. The molecule has 3 amide bonds. The second-order valence-corrected chi connectivity index (χ2v) is 13.0. The number of unbranched alkanes of at least 4 members (excludes halogenated alkanes) is 7. The van der Waals surface area contributed by atoms with Crippen LogP contribution in [0.2, 0.25) is 0 Å². The van der Waals surface area contributed by atoms with E-state index in [1.807, 2.05) is 0 Å². The number of imide groups is 1. The van der Waals surface area contributed by atoms with Crippen LogP contribution >= 0.6 is 0 Å². The minimum absolute atomic E-state index is 0.0613. The maximum Gasteiger partial charge on any atom is 0.261 e. The van der Waals surface area contributed by atoms with E-state index in [-0.39, 0.29) is 22.6 Å². The molecule has 2 aliphatic rings. The Morgan fingerprint density at radius 3 is 1.90 bits per heavy atom. The van der Waals surface area contributed by atoms with Crippen molar-refractivity contribution < 1.29 is 22.8 Å². The van der Waals surface area contributed by atoms with Gasteiger partial charge in [-0.1, -0.05) is 57.6 Å². The van der Waals surface area contributed by atoms with Crippen LogP contribution in [0.4, 0.5) is 5.69 Å². The number of fused-ring (bicyclic) bond motifs is 1. The fourth-order valence-corrected chi connectivity index (χ4v) is 6.84. The second-order valence-electron chi connectivity index (χ2n) is 11.0.